The highest BCUT2D eigenvalue weighted by Gasteiger charge is 2.24. The van der Waals surface area contributed by atoms with Crippen LogP contribution in [0.15, 0.2) is 29.4 Å². The van der Waals surface area contributed by atoms with Gasteiger partial charge in [-0.2, -0.15) is 8.42 Å². The van der Waals surface area contributed by atoms with Gasteiger partial charge in [-0.25, -0.2) is 9.37 Å². The Balaban J connectivity index is 2.24. The van der Waals surface area contributed by atoms with Gasteiger partial charge in [0, 0.05) is 11.3 Å². The number of H-pyrrole nitrogens is 1. The molecule has 0 saturated heterocycles. The maximum absolute atomic E-state index is 13.3. The van der Waals surface area contributed by atoms with Crippen LogP contribution < -0.4 is 11.5 Å². The molecule has 0 saturated carbocycles. The van der Waals surface area contributed by atoms with Crippen molar-refractivity contribution in [1.82, 2.24) is 9.97 Å². The van der Waals surface area contributed by atoms with E-state index in [1.165, 1.54) is 25.1 Å². The molecule has 0 radical (unpaired) electrons. The molecule has 0 atom stereocenters. The van der Waals surface area contributed by atoms with Crippen molar-refractivity contribution in [3.05, 3.63) is 41.5 Å². The van der Waals surface area contributed by atoms with Crippen molar-refractivity contribution in [3.63, 3.8) is 0 Å². The molecule has 0 aliphatic heterocycles. The van der Waals surface area contributed by atoms with Crippen LogP contribution >= 0.6 is 0 Å². The maximum Gasteiger partial charge on any atom is 0.336 e. The van der Waals surface area contributed by atoms with Crippen molar-refractivity contribution in [2.45, 2.75) is 6.92 Å². The third kappa shape index (κ3) is 4.29. The Kier molecular flexibility index (Phi) is 4.83. The fourth-order valence-corrected chi connectivity index (χ4v) is 2.57. The van der Waals surface area contributed by atoms with E-state index in [9.17, 15) is 17.6 Å². The summed E-state index contributed by atoms with van der Waals surface area (Å²) in [5, 5.41) is 2.89. The van der Waals surface area contributed by atoms with Crippen molar-refractivity contribution in [2.75, 3.05) is 5.75 Å². The zero-order valence-corrected chi connectivity index (χ0v) is 13.3. The lowest BCUT2D eigenvalue weighted by Gasteiger charge is -2.00. The van der Waals surface area contributed by atoms with Gasteiger partial charge in [0.15, 0.2) is 5.75 Å². The van der Waals surface area contributed by atoms with E-state index in [1.54, 1.807) is 6.07 Å². The van der Waals surface area contributed by atoms with Crippen molar-refractivity contribution < 1.29 is 21.9 Å². The lowest BCUT2D eigenvalue weighted by atomic mass is 10.2. The molecule has 24 heavy (non-hydrogen) atoms. The smallest absolute Gasteiger partial charge is 0.336 e. The lowest BCUT2D eigenvalue weighted by Crippen LogP contribution is -2.25. The molecule has 2 rings (SSSR count). The first-order valence-corrected chi connectivity index (χ1v) is 8.11. The van der Waals surface area contributed by atoms with Crippen LogP contribution in [0, 0.1) is 12.7 Å². The van der Waals surface area contributed by atoms with Gasteiger partial charge in [0.05, 0.1) is 0 Å². The number of carbonyl (C=O) groups is 1. The minimum absolute atomic E-state index is 0.105. The average molecular weight is 355 g/mol. The second-order valence-electron chi connectivity index (χ2n) is 4.79. The summed E-state index contributed by atoms with van der Waals surface area (Å²) in [6.07, 6.45) is 0. The number of aromatic nitrogens is 2. The van der Waals surface area contributed by atoms with Crippen LogP contribution in [0.25, 0.3) is 11.4 Å². The van der Waals surface area contributed by atoms with E-state index in [4.69, 9.17) is 11.5 Å². The molecule has 0 fully saturated rings. The number of carbonyl (C=O) groups excluding carboxylic acids is 1. The van der Waals surface area contributed by atoms with E-state index < -0.39 is 33.4 Å². The van der Waals surface area contributed by atoms with Crippen LogP contribution in [-0.4, -0.2) is 35.9 Å². The third-order valence-electron chi connectivity index (χ3n) is 2.81. The van der Waals surface area contributed by atoms with Gasteiger partial charge in [-0.1, -0.05) is 12.1 Å². The Hall–Kier alpha value is -2.95. The number of imidazole rings is 1. The van der Waals surface area contributed by atoms with Gasteiger partial charge in [0.25, 0.3) is 0 Å². The molecule has 1 aromatic carbocycles. The molecule has 1 aromatic heterocycles. The third-order valence-corrected chi connectivity index (χ3v) is 3.73. The minimum atomic E-state index is -4.31. The summed E-state index contributed by atoms with van der Waals surface area (Å²) in [6.45, 7) is 1.53. The fourth-order valence-electron chi connectivity index (χ4n) is 1.86. The largest absolute Gasteiger partial charge is 0.367 e. The van der Waals surface area contributed by atoms with Gasteiger partial charge in [0.1, 0.15) is 17.3 Å². The number of nitrogens with one attached hydrogen (secondary N) is 1. The van der Waals surface area contributed by atoms with Crippen LogP contribution in [0.3, 0.4) is 0 Å². The summed E-state index contributed by atoms with van der Waals surface area (Å²) in [6, 6.07) is 5.57. The molecule has 128 valence electrons. The summed E-state index contributed by atoms with van der Waals surface area (Å²) in [5.74, 6) is -2.66. The summed E-state index contributed by atoms with van der Waals surface area (Å²) in [7, 11) is -4.31. The van der Waals surface area contributed by atoms with E-state index in [2.05, 4.69) is 19.4 Å². The zero-order valence-electron chi connectivity index (χ0n) is 12.5. The number of nitrogens with zero attached hydrogens (tertiary/aromatic N) is 2. The Bertz CT molecular complexity index is 903. The Morgan fingerprint density at radius 1 is 1.42 bits per heavy atom. The molecule has 0 aliphatic rings. The number of aromatic amines is 1. The minimum Gasteiger partial charge on any atom is -0.367 e. The lowest BCUT2D eigenvalue weighted by molar-refractivity contribution is 0.101. The topological polar surface area (TPSA) is 154 Å². The van der Waals surface area contributed by atoms with Crippen LogP contribution in [0.5, 0.6) is 0 Å². The summed E-state index contributed by atoms with van der Waals surface area (Å²) in [4.78, 5) is 18.9. The highest BCUT2D eigenvalue weighted by Crippen LogP contribution is 2.19. The monoisotopic (exact) mass is 355 g/mol. The predicted molar refractivity (Wildman–Crippen MR) is 83.7 cm³/mol. The molecule has 0 amide bonds. The molecule has 0 bridgehead atoms. The Morgan fingerprint density at radius 3 is 2.75 bits per heavy atom. The summed E-state index contributed by atoms with van der Waals surface area (Å²) in [5.41, 5.74) is 10.5. The number of aryl methyl sites for hydroxylation is 1. The van der Waals surface area contributed by atoms with Gasteiger partial charge >= 0.3 is 10.1 Å². The standard InChI is InChI=1S/C13H14FN5O4S/c1-7-11(10(20)6-24(21,22)23-19-13(15)16)18-12(17-7)8-3-2-4-9(14)5-8/h2-5H,6H2,1H3,(H,17,18)(H4,15,16,19). The first-order valence-electron chi connectivity index (χ1n) is 6.54. The van der Waals surface area contributed by atoms with Gasteiger partial charge < -0.3 is 16.5 Å². The summed E-state index contributed by atoms with van der Waals surface area (Å²) >= 11 is 0. The number of benzene rings is 1. The second-order valence-corrected chi connectivity index (χ2v) is 6.34. The normalized spacial score (nSPS) is 11.1. The molecule has 0 unspecified atom stereocenters. The Labute approximate surface area is 136 Å². The van der Waals surface area contributed by atoms with Crippen molar-refractivity contribution in [1.29, 1.82) is 0 Å². The molecular formula is C13H14FN5O4S. The van der Waals surface area contributed by atoms with E-state index >= 15 is 0 Å². The number of nitrogens with two attached hydrogens (primary N) is 2. The van der Waals surface area contributed by atoms with Gasteiger partial charge in [-0.15, -0.1) is 0 Å². The van der Waals surface area contributed by atoms with Crippen molar-refractivity contribution in [2.24, 2.45) is 16.6 Å². The highest BCUT2D eigenvalue weighted by atomic mass is 32.2. The van der Waals surface area contributed by atoms with Crippen molar-refractivity contribution in [3.8, 4) is 11.4 Å². The molecule has 0 spiro atoms. The molecule has 2 aromatic rings. The van der Waals surface area contributed by atoms with Crippen LogP contribution in [0.2, 0.25) is 0 Å². The van der Waals surface area contributed by atoms with E-state index in [0.29, 0.717) is 11.3 Å². The number of guanidine groups is 1. The van der Waals surface area contributed by atoms with Crippen LogP contribution in [0.1, 0.15) is 16.2 Å². The molecule has 1 heterocycles. The van der Waals surface area contributed by atoms with Gasteiger partial charge in [-0.3, -0.25) is 9.08 Å². The average Bonchev–Trinajstić information content (AvgIpc) is 2.87. The van der Waals surface area contributed by atoms with E-state index in [1.807, 2.05) is 0 Å². The molecule has 0 aliphatic carbocycles. The quantitative estimate of drug-likeness (QED) is 0.290. The van der Waals surface area contributed by atoms with Crippen LogP contribution in [0.4, 0.5) is 4.39 Å². The van der Waals surface area contributed by atoms with Crippen LogP contribution in [-0.2, 0) is 14.4 Å². The molecular weight excluding hydrogens is 341 g/mol. The number of Topliss-reactive ketones (excluding diaryl/α,β-unsaturated/α-hetero) is 1. The highest BCUT2D eigenvalue weighted by molar-refractivity contribution is 7.87. The number of hydrogen-bond donors (Lipinski definition) is 3. The number of halogens is 1. The molecule has 11 heteroatoms. The van der Waals surface area contributed by atoms with Gasteiger partial charge in [0.2, 0.25) is 11.7 Å². The maximum atomic E-state index is 13.3. The predicted octanol–water partition coefficient (Wildman–Crippen LogP) is 0.242. The fraction of sp³-hybridized carbons (Fsp3) is 0.154. The summed E-state index contributed by atoms with van der Waals surface area (Å²) < 4.78 is 40.6. The first kappa shape index (κ1) is 17.4. The Morgan fingerprint density at radius 2 is 2.12 bits per heavy atom. The SMILES string of the molecule is Cc1[nH]c(-c2cccc(F)c2)nc1C(=O)CS(=O)(=O)ON=C(N)N. The number of ketones is 1. The first-order chi connectivity index (χ1) is 11.2. The molecule has 9 nitrogen and oxygen atoms in total. The van der Waals surface area contributed by atoms with Crippen molar-refractivity contribution >= 4 is 21.9 Å². The van der Waals surface area contributed by atoms with Gasteiger partial charge in [-0.05, 0) is 24.2 Å². The zero-order chi connectivity index (χ0) is 17.9. The number of oxime groups is 1. The number of hydrogen-bond acceptors (Lipinski definition) is 6. The number of rotatable bonds is 6. The van der Waals surface area contributed by atoms with E-state index in [0.717, 1.165) is 0 Å². The molecule has 5 N–H and O–H groups in total. The van der Waals surface area contributed by atoms with E-state index in [-0.39, 0.29) is 11.5 Å². The second kappa shape index (κ2) is 6.66.